The minimum atomic E-state index is -1.66. The van der Waals surface area contributed by atoms with Crippen LogP contribution in [0.4, 0.5) is 0 Å². The number of unbranched alkanes of at least 4 members (excludes halogenated alkanes) is 35. The molecule has 1 heterocycles. The highest BCUT2D eigenvalue weighted by molar-refractivity contribution is 5.80. The molecule has 382 valence electrons. The third-order valence-corrected chi connectivity index (χ3v) is 13.7. The van der Waals surface area contributed by atoms with Crippen LogP contribution in [0.2, 0.25) is 0 Å². The largest absolute Gasteiger partial charge is 0.394 e. The van der Waals surface area contributed by atoms with Crippen LogP contribution in [0.15, 0.2) is 0 Å². The van der Waals surface area contributed by atoms with E-state index < -0.39 is 74.2 Å². The number of aliphatic hydroxyl groups is 7. The molecule has 1 aliphatic heterocycles. The molecule has 8 N–H and O–H groups in total. The highest BCUT2D eigenvalue weighted by atomic mass is 16.7. The third-order valence-electron chi connectivity index (χ3n) is 13.7. The fraction of sp³-hybridized carbons (Fsp3) is 0.981. The molecule has 9 unspecified atom stereocenters. The Hall–Kier alpha value is -0.890. The lowest BCUT2D eigenvalue weighted by atomic mass is 9.98. The standard InChI is InChI=1S/C53H105NO10/c1-3-5-7-9-11-13-15-17-19-21-22-23-24-25-27-29-31-33-35-37-39-41-46(57)52(62)54-44(43-63-53-51(61)50(60)49(59)47(42-55)64-53)48(58)45(56)40-38-36-34-32-30-28-26-20-18-16-14-12-10-8-6-4-2/h44-51,53,55-61H,3-43H2,1-2H3,(H,54,62). The van der Waals surface area contributed by atoms with Crippen molar-refractivity contribution in [3.63, 3.8) is 0 Å². The molecule has 1 aliphatic rings. The Morgan fingerprint density at radius 1 is 0.484 bits per heavy atom. The van der Waals surface area contributed by atoms with Gasteiger partial charge < -0.3 is 50.5 Å². The van der Waals surface area contributed by atoms with Crippen molar-refractivity contribution in [1.29, 1.82) is 0 Å². The zero-order valence-corrected chi connectivity index (χ0v) is 41.5. The van der Waals surface area contributed by atoms with Gasteiger partial charge >= 0.3 is 0 Å². The average molecular weight is 916 g/mol. The quantitative estimate of drug-likeness (QED) is 0.0273. The van der Waals surface area contributed by atoms with Crippen molar-refractivity contribution in [2.24, 2.45) is 0 Å². The van der Waals surface area contributed by atoms with Gasteiger partial charge in [-0.3, -0.25) is 4.79 Å². The molecule has 0 spiro atoms. The lowest BCUT2D eigenvalue weighted by molar-refractivity contribution is -0.303. The predicted molar refractivity (Wildman–Crippen MR) is 261 cm³/mol. The predicted octanol–water partition coefficient (Wildman–Crippen LogP) is 10.6. The first-order chi connectivity index (χ1) is 31.2. The van der Waals surface area contributed by atoms with E-state index in [2.05, 4.69) is 19.2 Å². The van der Waals surface area contributed by atoms with E-state index in [9.17, 15) is 40.5 Å². The summed E-state index contributed by atoms with van der Waals surface area (Å²) in [4.78, 5) is 13.2. The minimum absolute atomic E-state index is 0.267. The van der Waals surface area contributed by atoms with Crippen molar-refractivity contribution in [3.8, 4) is 0 Å². The molecular formula is C53H105NO10. The van der Waals surface area contributed by atoms with E-state index in [0.717, 1.165) is 38.5 Å². The summed E-state index contributed by atoms with van der Waals surface area (Å²) in [6, 6.07) is -1.16. The minimum Gasteiger partial charge on any atom is -0.394 e. The van der Waals surface area contributed by atoms with Gasteiger partial charge in [-0.2, -0.15) is 0 Å². The first-order valence-electron chi connectivity index (χ1n) is 27.4. The van der Waals surface area contributed by atoms with Gasteiger partial charge in [-0.25, -0.2) is 0 Å². The number of carbonyl (C=O) groups excluding carboxylic acids is 1. The lowest BCUT2D eigenvalue weighted by Crippen LogP contribution is -2.60. The smallest absolute Gasteiger partial charge is 0.249 e. The van der Waals surface area contributed by atoms with Crippen LogP contribution in [0, 0.1) is 0 Å². The molecular weight excluding hydrogens is 811 g/mol. The molecule has 0 radical (unpaired) electrons. The molecule has 0 aromatic heterocycles. The van der Waals surface area contributed by atoms with E-state index in [-0.39, 0.29) is 6.42 Å². The number of hydrogen-bond acceptors (Lipinski definition) is 10. The maximum absolute atomic E-state index is 13.2. The maximum Gasteiger partial charge on any atom is 0.249 e. The van der Waals surface area contributed by atoms with Crippen LogP contribution in [-0.2, 0) is 14.3 Å². The van der Waals surface area contributed by atoms with Gasteiger partial charge in [-0.1, -0.05) is 251 Å². The molecule has 0 aromatic rings. The van der Waals surface area contributed by atoms with Crippen LogP contribution in [0.25, 0.3) is 0 Å². The zero-order valence-electron chi connectivity index (χ0n) is 41.5. The molecule has 0 saturated carbocycles. The van der Waals surface area contributed by atoms with Crippen molar-refractivity contribution in [3.05, 3.63) is 0 Å². The second-order valence-electron chi connectivity index (χ2n) is 19.7. The Balaban J connectivity index is 2.33. The third kappa shape index (κ3) is 32.0. The van der Waals surface area contributed by atoms with E-state index in [0.29, 0.717) is 19.3 Å². The number of hydrogen-bond donors (Lipinski definition) is 8. The van der Waals surface area contributed by atoms with Gasteiger partial charge in [0.2, 0.25) is 5.91 Å². The number of nitrogens with one attached hydrogen (secondary N) is 1. The Bertz CT molecular complexity index is 1010. The second-order valence-corrected chi connectivity index (χ2v) is 19.7. The van der Waals surface area contributed by atoms with Gasteiger partial charge in [0, 0.05) is 0 Å². The van der Waals surface area contributed by atoms with Crippen LogP contribution < -0.4 is 5.32 Å². The molecule has 9 atom stereocenters. The Morgan fingerprint density at radius 2 is 0.812 bits per heavy atom. The molecule has 1 fully saturated rings. The van der Waals surface area contributed by atoms with Gasteiger partial charge in [0.15, 0.2) is 6.29 Å². The summed E-state index contributed by atoms with van der Waals surface area (Å²) in [5, 5.41) is 76.0. The van der Waals surface area contributed by atoms with E-state index in [4.69, 9.17) is 9.47 Å². The maximum atomic E-state index is 13.2. The summed E-state index contributed by atoms with van der Waals surface area (Å²) < 4.78 is 11.1. The first kappa shape index (κ1) is 61.1. The summed E-state index contributed by atoms with van der Waals surface area (Å²) in [7, 11) is 0. The fourth-order valence-electron chi connectivity index (χ4n) is 9.15. The zero-order chi connectivity index (χ0) is 46.9. The normalized spacial score (nSPS) is 20.9. The average Bonchev–Trinajstić information content (AvgIpc) is 3.29. The van der Waals surface area contributed by atoms with E-state index in [1.165, 1.54) is 186 Å². The van der Waals surface area contributed by atoms with Crippen LogP contribution in [0.3, 0.4) is 0 Å². The Kier molecular flexibility index (Phi) is 41.4. The Morgan fingerprint density at radius 3 is 1.16 bits per heavy atom. The molecule has 0 aliphatic carbocycles. The van der Waals surface area contributed by atoms with Crippen LogP contribution >= 0.6 is 0 Å². The van der Waals surface area contributed by atoms with Gasteiger partial charge in [0.25, 0.3) is 0 Å². The molecule has 11 nitrogen and oxygen atoms in total. The summed E-state index contributed by atoms with van der Waals surface area (Å²) in [5.74, 6) is -0.691. The topological polar surface area (TPSA) is 189 Å². The van der Waals surface area contributed by atoms with Gasteiger partial charge in [-0.05, 0) is 12.8 Å². The molecule has 1 saturated heterocycles. The number of aliphatic hydroxyl groups excluding tert-OH is 7. The Labute approximate surface area is 392 Å². The number of ether oxygens (including phenoxy) is 2. The second kappa shape index (κ2) is 43.4. The molecule has 1 rings (SSSR count). The number of amides is 1. The number of carbonyl (C=O) groups is 1. The van der Waals surface area contributed by atoms with Gasteiger partial charge in [0.1, 0.15) is 36.6 Å². The van der Waals surface area contributed by atoms with Crippen molar-refractivity contribution in [2.75, 3.05) is 13.2 Å². The summed E-state index contributed by atoms with van der Waals surface area (Å²) >= 11 is 0. The van der Waals surface area contributed by atoms with E-state index >= 15 is 0 Å². The monoisotopic (exact) mass is 916 g/mol. The summed E-state index contributed by atoms with van der Waals surface area (Å²) in [5.41, 5.74) is 0. The summed E-state index contributed by atoms with van der Waals surface area (Å²) in [6.07, 6.45) is 35.7. The van der Waals surface area contributed by atoms with Crippen molar-refractivity contribution in [1.82, 2.24) is 5.32 Å². The SMILES string of the molecule is CCCCCCCCCCCCCCCCCCCCCCCC(O)C(=O)NC(COC1OC(CO)C(O)C(O)C1O)C(O)C(O)CCCCCCCCCCCCCCCCCC. The molecule has 0 aromatic carbocycles. The fourth-order valence-corrected chi connectivity index (χ4v) is 9.15. The highest BCUT2D eigenvalue weighted by Gasteiger charge is 2.44. The molecule has 11 heteroatoms. The molecule has 64 heavy (non-hydrogen) atoms. The van der Waals surface area contributed by atoms with Crippen LogP contribution in [0.5, 0.6) is 0 Å². The van der Waals surface area contributed by atoms with Gasteiger partial charge in [-0.15, -0.1) is 0 Å². The first-order valence-corrected chi connectivity index (χ1v) is 27.4. The lowest BCUT2D eigenvalue weighted by Gasteiger charge is -2.40. The molecule has 1 amide bonds. The van der Waals surface area contributed by atoms with Crippen LogP contribution in [0.1, 0.15) is 264 Å². The summed E-state index contributed by atoms with van der Waals surface area (Å²) in [6.45, 7) is 3.48. The van der Waals surface area contributed by atoms with Gasteiger partial charge in [0.05, 0.1) is 25.4 Å². The highest BCUT2D eigenvalue weighted by Crippen LogP contribution is 2.23. The van der Waals surface area contributed by atoms with E-state index in [1.54, 1.807) is 0 Å². The van der Waals surface area contributed by atoms with E-state index in [1.807, 2.05) is 0 Å². The van der Waals surface area contributed by atoms with Crippen LogP contribution in [-0.4, -0.2) is 110 Å². The molecule has 0 bridgehead atoms. The van der Waals surface area contributed by atoms with Crippen molar-refractivity contribution < 1.29 is 50.0 Å². The van der Waals surface area contributed by atoms with Crippen molar-refractivity contribution >= 4 is 5.91 Å². The number of rotatable bonds is 47. The van der Waals surface area contributed by atoms with Crippen molar-refractivity contribution in [2.45, 2.75) is 319 Å².